The summed E-state index contributed by atoms with van der Waals surface area (Å²) >= 11 is 7.13. The van der Waals surface area contributed by atoms with Crippen molar-refractivity contribution < 1.29 is 14.7 Å². The third-order valence-corrected chi connectivity index (χ3v) is 4.82. The maximum absolute atomic E-state index is 12.4. The van der Waals surface area contributed by atoms with E-state index in [0.29, 0.717) is 20.8 Å². The molecule has 0 spiro atoms. The number of amides is 1. The van der Waals surface area contributed by atoms with E-state index in [1.54, 1.807) is 49.5 Å². The van der Waals surface area contributed by atoms with Crippen molar-refractivity contribution in [3.63, 3.8) is 0 Å². The van der Waals surface area contributed by atoms with Gasteiger partial charge in [0.1, 0.15) is 0 Å². The van der Waals surface area contributed by atoms with E-state index < -0.39 is 5.97 Å². The monoisotopic (exact) mass is 372 g/mol. The molecule has 5 nitrogen and oxygen atoms in total. The molecule has 126 valence electrons. The van der Waals surface area contributed by atoms with Crippen LogP contribution in [0.1, 0.15) is 15.9 Å². The van der Waals surface area contributed by atoms with Crippen LogP contribution in [0.5, 0.6) is 0 Å². The van der Waals surface area contributed by atoms with Crippen LogP contribution in [0.15, 0.2) is 58.4 Å². The zero-order valence-corrected chi connectivity index (χ0v) is 14.7. The molecule has 1 aliphatic heterocycles. The standard InChI is InChI=1S/C18H13ClN2O3S/c1-21-16(22)15(10-11-2-4-12(5-3-11)17(23)24)25-18(21)20-14-8-6-13(19)7-9-14/h2-10H,1H3,(H,23,24)/b15-10+,20-18?. The number of likely N-dealkylation sites (N-methyl/N-ethyl adjacent to an activating group) is 1. The molecule has 1 N–H and O–H groups in total. The van der Waals surface area contributed by atoms with Crippen LogP contribution in [0.4, 0.5) is 5.69 Å². The van der Waals surface area contributed by atoms with Crippen molar-refractivity contribution in [2.24, 2.45) is 4.99 Å². The molecular weight excluding hydrogens is 360 g/mol. The number of hydrogen-bond donors (Lipinski definition) is 1. The van der Waals surface area contributed by atoms with Crippen LogP contribution in [0.3, 0.4) is 0 Å². The molecule has 3 rings (SSSR count). The maximum atomic E-state index is 12.4. The van der Waals surface area contributed by atoms with Gasteiger partial charge in [-0.1, -0.05) is 23.7 Å². The molecule has 1 amide bonds. The Bertz CT molecular complexity index is 890. The zero-order valence-electron chi connectivity index (χ0n) is 13.1. The van der Waals surface area contributed by atoms with E-state index in [2.05, 4.69) is 4.99 Å². The van der Waals surface area contributed by atoms with Gasteiger partial charge in [-0.2, -0.15) is 0 Å². The van der Waals surface area contributed by atoms with Crippen molar-refractivity contribution in [3.05, 3.63) is 69.6 Å². The Morgan fingerprint density at radius 3 is 2.40 bits per heavy atom. The van der Waals surface area contributed by atoms with Gasteiger partial charge < -0.3 is 5.11 Å². The van der Waals surface area contributed by atoms with Crippen LogP contribution in [0, 0.1) is 0 Å². The molecule has 1 saturated heterocycles. The van der Waals surface area contributed by atoms with Crippen LogP contribution < -0.4 is 0 Å². The molecule has 7 heteroatoms. The zero-order chi connectivity index (χ0) is 18.0. The van der Waals surface area contributed by atoms with Gasteiger partial charge in [0.2, 0.25) is 0 Å². The van der Waals surface area contributed by atoms with Crippen molar-refractivity contribution >= 4 is 52.2 Å². The Kier molecular flexibility index (Phi) is 4.92. The molecule has 0 atom stereocenters. The predicted molar refractivity (Wildman–Crippen MR) is 100 cm³/mol. The van der Waals surface area contributed by atoms with Gasteiger partial charge in [-0.25, -0.2) is 9.79 Å². The largest absolute Gasteiger partial charge is 0.478 e. The second kappa shape index (κ2) is 7.13. The fourth-order valence-corrected chi connectivity index (χ4v) is 3.26. The first-order valence-corrected chi connectivity index (χ1v) is 8.49. The van der Waals surface area contributed by atoms with Crippen LogP contribution >= 0.6 is 23.4 Å². The SMILES string of the molecule is CN1C(=O)/C(=C\c2ccc(C(=O)O)cc2)SC1=Nc1ccc(Cl)cc1. The van der Waals surface area contributed by atoms with Crippen molar-refractivity contribution in [1.29, 1.82) is 0 Å². The highest BCUT2D eigenvalue weighted by molar-refractivity contribution is 8.18. The third-order valence-electron chi connectivity index (χ3n) is 3.51. The minimum absolute atomic E-state index is 0.153. The smallest absolute Gasteiger partial charge is 0.335 e. The lowest BCUT2D eigenvalue weighted by atomic mass is 10.1. The average Bonchev–Trinajstić information content (AvgIpc) is 2.85. The summed E-state index contributed by atoms with van der Waals surface area (Å²) in [4.78, 5) is 29.7. The summed E-state index contributed by atoms with van der Waals surface area (Å²) in [6, 6.07) is 13.4. The lowest BCUT2D eigenvalue weighted by Gasteiger charge is -2.07. The Hall–Kier alpha value is -2.57. The molecular formula is C18H13ClN2O3S. The Morgan fingerprint density at radius 2 is 1.80 bits per heavy atom. The van der Waals surface area contributed by atoms with E-state index >= 15 is 0 Å². The number of benzene rings is 2. The molecule has 1 aliphatic rings. The van der Waals surface area contributed by atoms with E-state index in [0.717, 1.165) is 5.56 Å². The molecule has 2 aromatic rings. The molecule has 0 bridgehead atoms. The summed E-state index contributed by atoms with van der Waals surface area (Å²) in [6.07, 6.45) is 1.72. The predicted octanol–water partition coefficient (Wildman–Crippen LogP) is 4.27. The molecule has 1 fully saturated rings. The van der Waals surface area contributed by atoms with Crippen molar-refractivity contribution in [2.75, 3.05) is 7.05 Å². The highest BCUT2D eigenvalue weighted by Gasteiger charge is 2.30. The highest BCUT2D eigenvalue weighted by atomic mass is 35.5. The number of nitrogens with zero attached hydrogens (tertiary/aromatic N) is 2. The van der Waals surface area contributed by atoms with E-state index in [9.17, 15) is 9.59 Å². The molecule has 2 aromatic carbocycles. The van der Waals surface area contributed by atoms with E-state index in [-0.39, 0.29) is 11.5 Å². The lowest BCUT2D eigenvalue weighted by molar-refractivity contribution is -0.121. The molecule has 25 heavy (non-hydrogen) atoms. The van der Waals surface area contributed by atoms with E-state index in [1.807, 2.05) is 0 Å². The maximum Gasteiger partial charge on any atom is 0.335 e. The summed E-state index contributed by atoms with van der Waals surface area (Å²) in [5.41, 5.74) is 1.66. The van der Waals surface area contributed by atoms with E-state index in [4.69, 9.17) is 16.7 Å². The number of carboxylic acid groups (broad SMARTS) is 1. The number of carbonyl (C=O) groups is 2. The number of thioether (sulfide) groups is 1. The van der Waals surface area contributed by atoms with Crippen molar-refractivity contribution in [3.8, 4) is 0 Å². The number of aromatic carboxylic acids is 1. The molecule has 0 saturated carbocycles. The molecule has 0 radical (unpaired) electrons. The summed E-state index contributed by atoms with van der Waals surface area (Å²) in [5.74, 6) is -1.14. The topological polar surface area (TPSA) is 70.0 Å². The van der Waals surface area contributed by atoms with Crippen LogP contribution in [0.25, 0.3) is 6.08 Å². The summed E-state index contributed by atoms with van der Waals surface area (Å²) in [6.45, 7) is 0. The Balaban J connectivity index is 1.85. The number of halogens is 1. The minimum atomic E-state index is -0.984. The summed E-state index contributed by atoms with van der Waals surface area (Å²) in [7, 11) is 1.67. The fraction of sp³-hybridized carbons (Fsp3) is 0.0556. The average molecular weight is 373 g/mol. The van der Waals surface area contributed by atoms with Gasteiger partial charge >= 0.3 is 5.97 Å². The quantitative estimate of drug-likeness (QED) is 0.817. The third kappa shape index (κ3) is 3.92. The Labute approximate surface area is 153 Å². The highest BCUT2D eigenvalue weighted by Crippen LogP contribution is 2.33. The molecule has 1 heterocycles. The van der Waals surface area contributed by atoms with Crippen LogP contribution in [-0.4, -0.2) is 34.1 Å². The first-order valence-electron chi connectivity index (χ1n) is 7.29. The first kappa shape index (κ1) is 17.3. The van der Waals surface area contributed by atoms with Gasteiger partial charge in [-0.05, 0) is 59.8 Å². The number of hydrogen-bond acceptors (Lipinski definition) is 4. The number of carbonyl (C=O) groups excluding carboxylic acids is 1. The number of carboxylic acids is 1. The summed E-state index contributed by atoms with van der Waals surface area (Å²) < 4.78 is 0. The van der Waals surface area contributed by atoms with Crippen molar-refractivity contribution in [2.45, 2.75) is 0 Å². The first-order chi connectivity index (χ1) is 11.9. The molecule has 0 aliphatic carbocycles. The number of aliphatic imine (C=N–C) groups is 1. The van der Waals surface area contributed by atoms with Crippen LogP contribution in [-0.2, 0) is 4.79 Å². The number of amidine groups is 1. The normalized spacial score (nSPS) is 17.5. The van der Waals surface area contributed by atoms with Crippen molar-refractivity contribution in [1.82, 2.24) is 4.90 Å². The second-order valence-corrected chi connectivity index (χ2v) is 6.72. The molecule has 0 aromatic heterocycles. The summed E-state index contributed by atoms with van der Waals surface area (Å²) in [5, 5.41) is 10.1. The lowest BCUT2D eigenvalue weighted by Crippen LogP contribution is -2.23. The second-order valence-electron chi connectivity index (χ2n) is 5.27. The van der Waals surface area contributed by atoms with Gasteiger partial charge in [0.15, 0.2) is 5.17 Å². The van der Waals surface area contributed by atoms with Gasteiger partial charge in [-0.3, -0.25) is 9.69 Å². The van der Waals surface area contributed by atoms with E-state index in [1.165, 1.54) is 28.8 Å². The van der Waals surface area contributed by atoms with Gasteiger partial charge in [0.05, 0.1) is 16.2 Å². The fourth-order valence-electron chi connectivity index (χ4n) is 2.15. The van der Waals surface area contributed by atoms with Crippen LogP contribution in [0.2, 0.25) is 5.02 Å². The van der Waals surface area contributed by atoms with Gasteiger partial charge in [0.25, 0.3) is 5.91 Å². The number of rotatable bonds is 3. The molecule has 0 unspecified atom stereocenters. The minimum Gasteiger partial charge on any atom is -0.478 e. The van der Waals surface area contributed by atoms with Gasteiger partial charge in [0, 0.05) is 12.1 Å². The Morgan fingerprint density at radius 1 is 1.16 bits per heavy atom. The van der Waals surface area contributed by atoms with Gasteiger partial charge in [-0.15, -0.1) is 0 Å².